The molecule has 17 heavy (non-hydrogen) atoms. The van der Waals surface area contributed by atoms with Crippen molar-refractivity contribution in [2.24, 2.45) is 0 Å². The summed E-state index contributed by atoms with van der Waals surface area (Å²) in [6, 6.07) is 4.70. The van der Waals surface area contributed by atoms with Gasteiger partial charge in [-0.15, -0.1) is 0 Å². The first kappa shape index (κ1) is 12.0. The average Bonchev–Trinajstić information content (AvgIpc) is 2.35. The van der Waals surface area contributed by atoms with E-state index in [1.165, 1.54) is 18.2 Å². The Labute approximate surface area is 98.2 Å². The van der Waals surface area contributed by atoms with E-state index in [0.717, 1.165) is 0 Å². The van der Waals surface area contributed by atoms with Gasteiger partial charge in [-0.1, -0.05) is 6.07 Å². The van der Waals surface area contributed by atoms with Gasteiger partial charge in [-0.05, 0) is 12.1 Å². The third-order valence-electron chi connectivity index (χ3n) is 2.81. The molecule has 1 atom stereocenters. The predicted molar refractivity (Wildman–Crippen MR) is 57.1 cm³/mol. The van der Waals surface area contributed by atoms with E-state index in [1.807, 2.05) is 6.07 Å². The molecule has 1 aliphatic heterocycles. The van der Waals surface area contributed by atoms with E-state index < -0.39 is 17.7 Å². The second-order valence-corrected chi connectivity index (χ2v) is 3.82. The number of halogens is 2. The molecule has 2 rings (SSSR count). The van der Waals surface area contributed by atoms with Gasteiger partial charge in [0.15, 0.2) is 0 Å². The smallest absolute Gasteiger partial charge is 0.132 e. The van der Waals surface area contributed by atoms with Crippen LogP contribution in [0, 0.1) is 23.0 Å². The van der Waals surface area contributed by atoms with Crippen LogP contribution >= 0.6 is 0 Å². The molecule has 5 heteroatoms. The largest absolute Gasteiger partial charge is 0.379 e. The summed E-state index contributed by atoms with van der Waals surface area (Å²) in [6.45, 7) is 1.97. The van der Waals surface area contributed by atoms with Crippen LogP contribution in [0.4, 0.5) is 8.78 Å². The summed E-state index contributed by atoms with van der Waals surface area (Å²) in [5.74, 6) is -1.36. The zero-order valence-electron chi connectivity index (χ0n) is 9.20. The predicted octanol–water partition coefficient (Wildman–Crippen LogP) is 1.86. The summed E-state index contributed by atoms with van der Waals surface area (Å²) in [5, 5.41) is 9.11. The van der Waals surface area contributed by atoms with Crippen LogP contribution in [0.1, 0.15) is 11.6 Å². The number of hydrogen-bond donors (Lipinski definition) is 0. The van der Waals surface area contributed by atoms with Gasteiger partial charge in [0.25, 0.3) is 0 Å². The molecule has 90 valence electrons. The van der Waals surface area contributed by atoms with Crippen molar-refractivity contribution in [1.29, 1.82) is 5.26 Å². The quantitative estimate of drug-likeness (QED) is 0.789. The maximum Gasteiger partial charge on any atom is 0.132 e. The molecular formula is C12H12F2N2O. The standard InChI is InChI=1S/C12H12F2N2O/c13-9-2-1-3-10(14)12(9)11(8-15)16-4-6-17-7-5-16/h1-3,11H,4-7H2. The highest BCUT2D eigenvalue weighted by molar-refractivity contribution is 5.27. The van der Waals surface area contributed by atoms with Gasteiger partial charge in [0.2, 0.25) is 0 Å². The summed E-state index contributed by atoms with van der Waals surface area (Å²) < 4.78 is 32.3. The molecule has 0 aliphatic carbocycles. The number of morpholine rings is 1. The fourth-order valence-electron chi connectivity index (χ4n) is 1.94. The Bertz CT molecular complexity index is 418. The molecule has 1 aromatic rings. The zero-order chi connectivity index (χ0) is 12.3. The Balaban J connectivity index is 2.32. The SMILES string of the molecule is N#CC(c1c(F)cccc1F)N1CCOCC1. The summed E-state index contributed by atoms with van der Waals surface area (Å²) in [6.07, 6.45) is 0. The van der Waals surface area contributed by atoms with Gasteiger partial charge in [-0.2, -0.15) is 5.26 Å². The molecule has 1 fully saturated rings. The van der Waals surface area contributed by atoms with Crippen molar-refractivity contribution in [1.82, 2.24) is 4.90 Å². The first-order valence-electron chi connectivity index (χ1n) is 5.39. The molecule has 0 radical (unpaired) electrons. The Morgan fingerprint density at radius 3 is 2.35 bits per heavy atom. The van der Waals surface area contributed by atoms with Crippen molar-refractivity contribution in [2.45, 2.75) is 6.04 Å². The van der Waals surface area contributed by atoms with E-state index in [4.69, 9.17) is 10.00 Å². The van der Waals surface area contributed by atoms with Crippen LogP contribution in [-0.2, 0) is 4.74 Å². The molecular weight excluding hydrogens is 226 g/mol. The van der Waals surface area contributed by atoms with E-state index >= 15 is 0 Å². The van der Waals surface area contributed by atoms with Crippen molar-refractivity contribution < 1.29 is 13.5 Å². The molecule has 3 nitrogen and oxygen atoms in total. The highest BCUT2D eigenvalue weighted by atomic mass is 19.1. The molecule has 0 aromatic heterocycles. The first-order valence-corrected chi connectivity index (χ1v) is 5.39. The van der Waals surface area contributed by atoms with Crippen molar-refractivity contribution in [2.75, 3.05) is 26.3 Å². The van der Waals surface area contributed by atoms with E-state index in [0.29, 0.717) is 26.3 Å². The molecule has 1 aromatic carbocycles. The molecule has 1 unspecified atom stereocenters. The van der Waals surface area contributed by atoms with Gasteiger partial charge >= 0.3 is 0 Å². The Morgan fingerprint density at radius 1 is 1.24 bits per heavy atom. The minimum atomic E-state index is -0.889. The number of nitriles is 1. The Hall–Kier alpha value is -1.51. The van der Waals surface area contributed by atoms with Gasteiger partial charge < -0.3 is 4.74 Å². The zero-order valence-corrected chi connectivity index (χ0v) is 9.20. The van der Waals surface area contributed by atoms with Crippen molar-refractivity contribution >= 4 is 0 Å². The van der Waals surface area contributed by atoms with Crippen LogP contribution in [0.25, 0.3) is 0 Å². The highest BCUT2D eigenvalue weighted by Crippen LogP contribution is 2.26. The van der Waals surface area contributed by atoms with Gasteiger partial charge in [-0.25, -0.2) is 8.78 Å². The van der Waals surface area contributed by atoms with Crippen molar-refractivity contribution in [3.05, 3.63) is 35.4 Å². The average molecular weight is 238 g/mol. The minimum Gasteiger partial charge on any atom is -0.379 e. The van der Waals surface area contributed by atoms with Crippen LogP contribution in [0.2, 0.25) is 0 Å². The molecule has 0 N–H and O–H groups in total. The lowest BCUT2D eigenvalue weighted by molar-refractivity contribution is 0.0254. The third kappa shape index (κ3) is 2.43. The monoisotopic (exact) mass is 238 g/mol. The lowest BCUT2D eigenvalue weighted by atomic mass is 10.0. The fraction of sp³-hybridized carbons (Fsp3) is 0.417. The summed E-state index contributed by atoms with van der Waals surface area (Å²) in [7, 11) is 0. The highest BCUT2D eigenvalue weighted by Gasteiger charge is 2.27. The normalized spacial score (nSPS) is 18.6. The Morgan fingerprint density at radius 2 is 1.82 bits per heavy atom. The number of ether oxygens (including phenoxy) is 1. The van der Waals surface area contributed by atoms with E-state index in [1.54, 1.807) is 4.90 Å². The van der Waals surface area contributed by atoms with Gasteiger partial charge in [0, 0.05) is 13.1 Å². The number of benzene rings is 1. The minimum absolute atomic E-state index is 0.170. The van der Waals surface area contributed by atoms with E-state index in [-0.39, 0.29) is 5.56 Å². The number of rotatable bonds is 2. The summed E-state index contributed by atoms with van der Waals surface area (Å²) >= 11 is 0. The molecule has 1 saturated heterocycles. The number of hydrogen-bond acceptors (Lipinski definition) is 3. The van der Waals surface area contributed by atoms with Crippen molar-refractivity contribution in [3.8, 4) is 6.07 Å². The molecule has 0 bridgehead atoms. The Kier molecular flexibility index (Phi) is 3.67. The third-order valence-corrected chi connectivity index (χ3v) is 2.81. The van der Waals surface area contributed by atoms with Crippen molar-refractivity contribution in [3.63, 3.8) is 0 Å². The van der Waals surface area contributed by atoms with Gasteiger partial charge in [-0.3, -0.25) is 4.90 Å². The summed E-state index contributed by atoms with van der Waals surface area (Å²) in [4.78, 5) is 1.73. The molecule has 1 heterocycles. The van der Waals surface area contributed by atoms with Gasteiger partial charge in [0.1, 0.15) is 17.7 Å². The number of nitrogens with zero attached hydrogens (tertiary/aromatic N) is 2. The maximum atomic E-state index is 13.6. The van der Waals surface area contributed by atoms with E-state index in [9.17, 15) is 8.78 Å². The van der Waals surface area contributed by atoms with E-state index in [2.05, 4.69) is 0 Å². The lowest BCUT2D eigenvalue weighted by Gasteiger charge is -2.30. The maximum absolute atomic E-state index is 13.6. The molecule has 0 saturated carbocycles. The van der Waals surface area contributed by atoms with Crippen LogP contribution in [0.5, 0.6) is 0 Å². The second kappa shape index (κ2) is 5.21. The molecule has 0 spiro atoms. The summed E-state index contributed by atoms with van der Waals surface area (Å²) in [5.41, 5.74) is -0.170. The van der Waals surface area contributed by atoms with Crippen LogP contribution in [-0.4, -0.2) is 31.2 Å². The second-order valence-electron chi connectivity index (χ2n) is 3.82. The van der Waals surface area contributed by atoms with Crippen LogP contribution < -0.4 is 0 Å². The molecule has 0 amide bonds. The van der Waals surface area contributed by atoms with Crippen LogP contribution in [0.15, 0.2) is 18.2 Å². The fourth-order valence-corrected chi connectivity index (χ4v) is 1.94. The first-order chi connectivity index (χ1) is 8.24. The topological polar surface area (TPSA) is 36.3 Å². The van der Waals surface area contributed by atoms with Gasteiger partial charge in [0.05, 0.1) is 24.8 Å². The molecule has 1 aliphatic rings. The lowest BCUT2D eigenvalue weighted by Crippen LogP contribution is -2.39. The van der Waals surface area contributed by atoms with Crippen LogP contribution in [0.3, 0.4) is 0 Å².